The second-order valence-electron chi connectivity index (χ2n) is 12.5. The Labute approximate surface area is 304 Å². The molecular formula is C41H69O8P. The Bertz CT molecular complexity index is 1040. The van der Waals surface area contributed by atoms with Gasteiger partial charge in [0.05, 0.1) is 6.61 Å². The van der Waals surface area contributed by atoms with Crippen LogP contribution in [0.1, 0.15) is 155 Å². The van der Waals surface area contributed by atoms with E-state index in [1.165, 1.54) is 64.2 Å². The lowest BCUT2D eigenvalue weighted by Gasteiger charge is -2.18. The number of ether oxygens (including phenoxy) is 2. The lowest BCUT2D eigenvalue weighted by Crippen LogP contribution is -2.29. The Morgan fingerprint density at radius 2 is 1.00 bits per heavy atom. The van der Waals surface area contributed by atoms with Gasteiger partial charge in [0.15, 0.2) is 6.10 Å². The van der Waals surface area contributed by atoms with Gasteiger partial charge in [0.1, 0.15) is 6.61 Å². The molecule has 0 radical (unpaired) electrons. The molecule has 0 unspecified atom stereocenters. The van der Waals surface area contributed by atoms with Gasteiger partial charge in [0, 0.05) is 12.8 Å². The number of rotatable bonds is 34. The molecule has 0 aromatic heterocycles. The fourth-order valence-corrected chi connectivity index (χ4v) is 5.26. The number of hydrogen-bond acceptors (Lipinski definition) is 6. The van der Waals surface area contributed by atoms with Crippen LogP contribution in [-0.4, -0.2) is 41.0 Å². The predicted molar refractivity (Wildman–Crippen MR) is 207 cm³/mol. The van der Waals surface area contributed by atoms with Crippen molar-refractivity contribution in [1.82, 2.24) is 0 Å². The minimum atomic E-state index is -4.78. The van der Waals surface area contributed by atoms with Crippen LogP contribution in [0.15, 0.2) is 72.9 Å². The van der Waals surface area contributed by atoms with Gasteiger partial charge in [-0.05, 0) is 64.2 Å². The first kappa shape index (κ1) is 47.5. The first-order chi connectivity index (χ1) is 24.3. The van der Waals surface area contributed by atoms with Gasteiger partial charge in [-0.3, -0.25) is 14.1 Å². The van der Waals surface area contributed by atoms with Crippen molar-refractivity contribution < 1.29 is 37.9 Å². The van der Waals surface area contributed by atoms with Crippen LogP contribution in [0.25, 0.3) is 0 Å². The van der Waals surface area contributed by atoms with E-state index in [2.05, 4.69) is 73.1 Å². The summed E-state index contributed by atoms with van der Waals surface area (Å²) in [6, 6.07) is 0. The zero-order valence-electron chi connectivity index (χ0n) is 31.3. The van der Waals surface area contributed by atoms with E-state index in [1.807, 2.05) is 18.2 Å². The maximum atomic E-state index is 12.3. The van der Waals surface area contributed by atoms with Crippen LogP contribution in [0.4, 0.5) is 0 Å². The van der Waals surface area contributed by atoms with Crippen LogP contribution < -0.4 is 0 Å². The van der Waals surface area contributed by atoms with Crippen LogP contribution in [0.5, 0.6) is 0 Å². The molecule has 0 fully saturated rings. The number of phosphoric ester groups is 1. The molecule has 0 heterocycles. The molecule has 2 N–H and O–H groups in total. The number of carbonyl (C=O) groups is 2. The summed E-state index contributed by atoms with van der Waals surface area (Å²) >= 11 is 0. The molecule has 0 aliphatic carbocycles. The molecule has 286 valence electrons. The van der Waals surface area contributed by atoms with Crippen molar-refractivity contribution in [1.29, 1.82) is 0 Å². The second kappa shape index (κ2) is 36.3. The summed E-state index contributed by atoms with van der Waals surface area (Å²) in [6.45, 7) is 3.47. The highest BCUT2D eigenvalue weighted by molar-refractivity contribution is 7.46. The molecule has 9 heteroatoms. The van der Waals surface area contributed by atoms with E-state index in [0.717, 1.165) is 44.9 Å². The molecule has 0 aromatic rings. The highest BCUT2D eigenvalue weighted by Gasteiger charge is 2.22. The van der Waals surface area contributed by atoms with Crippen LogP contribution >= 0.6 is 7.82 Å². The summed E-state index contributed by atoms with van der Waals surface area (Å²) in [6.07, 6.45) is 46.4. The van der Waals surface area contributed by atoms with Crippen molar-refractivity contribution in [2.45, 2.75) is 161 Å². The van der Waals surface area contributed by atoms with Gasteiger partial charge in [0.25, 0.3) is 0 Å². The molecule has 0 rings (SSSR count). The molecule has 0 aromatic carbocycles. The maximum absolute atomic E-state index is 12.3. The first-order valence-corrected chi connectivity index (χ1v) is 20.8. The number of allylic oxidation sites excluding steroid dienone is 12. The third-order valence-electron chi connectivity index (χ3n) is 7.72. The highest BCUT2D eigenvalue weighted by atomic mass is 31.2. The van der Waals surface area contributed by atoms with Crippen molar-refractivity contribution in [3.05, 3.63) is 72.9 Å². The summed E-state index contributed by atoms with van der Waals surface area (Å²) < 4.78 is 26.2. The van der Waals surface area contributed by atoms with E-state index >= 15 is 0 Å². The van der Waals surface area contributed by atoms with Crippen molar-refractivity contribution in [3.63, 3.8) is 0 Å². The summed E-state index contributed by atoms with van der Waals surface area (Å²) in [5.41, 5.74) is 0. The molecule has 1 atom stereocenters. The summed E-state index contributed by atoms with van der Waals surface area (Å²) in [5.74, 6) is -1.02. The normalized spacial score (nSPS) is 13.3. The van der Waals surface area contributed by atoms with Crippen molar-refractivity contribution in [3.8, 4) is 0 Å². The van der Waals surface area contributed by atoms with E-state index in [4.69, 9.17) is 19.3 Å². The molecule has 0 amide bonds. The monoisotopic (exact) mass is 720 g/mol. The summed E-state index contributed by atoms with van der Waals surface area (Å²) in [7, 11) is -4.78. The van der Waals surface area contributed by atoms with Gasteiger partial charge < -0.3 is 19.3 Å². The number of hydrogen-bond donors (Lipinski definition) is 2. The Morgan fingerprint density at radius 1 is 0.540 bits per heavy atom. The molecular weight excluding hydrogens is 651 g/mol. The molecule has 0 bridgehead atoms. The lowest BCUT2D eigenvalue weighted by molar-refractivity contribution is -0.161. The number of phosphoric acid groups is 1. The van der Waals surface area contributed by atoms with Gasteiger partial charge in [-0.25, -0.2) is 4.57 Å². The minimum Gasteiger partial charge on any atom is -0.462 e. The topological polar surface area (TPSA) is 119 Å². The van der Waals surface area contributed by atoms with Crippen molar-refractivity contribution >= 4 is 19.8 Å². The number of carbonyl (C=O) groups excluding carboxylic acids is 2. The van der Waals surface area contributed by atoms with Crippen LogP contribution in [0.3, 0.4) is 0 Å². The maximum Gasteiger partial charge on any atom is 0.469 e. The molecule has 50 heavy (non-hydrogen) atoms. The third-order valence-corrected chi connectivity index (χ3v) is 8.21. The Balaban J connectivity index is 4.12. The van der Waals surface area contributed by atoms with Crippen molar-refractivity contribution in [2.75, 3.05) is 13.2 Å². The average Bonchev–Trinajstić information content (AvgIpc) is 3.08. The Morgan fingerprint density at radius 3 is 1.54 bits per heavy atom. The second-order valence-corrected chi connectivity index (χ2v) is 13.8. The van der Waals surface area contributed by atoms with Gasteiger partial charge >= 0.3 is 19.8 Å². The van der Waals surface area contributed by atoms with E-state index in [-0.39, 0.29) is 19.4 Å². The Hall–Kier alpha value is -2.51. The van der Waals surface area contributed by atoms with Crippen LogP contribution in [0, 0.1) is 0 Å². The lowest BCUT2D eigenvalue weighted by atomic mass is 10.1. The van der Waals surface area contributed by atoms with Crippen LogP contribution in [-0.2, 0) is 28.2 Å². The highest BCUT2D eigenvalue weighted by Crippen LogP contribution is 2.35. The zero-order valence-corrected chi connectivity index (χ0v) is 32.2. The molecule has 0 spiro atoms. The van der Waals surface area contributed by atoms with Gasteiger partial charge in [-0.2, -0.15) is 0 Å². The van der Waals surface area contributed by atoms with Gasteiger partial charge in [-0.15, -0.1) is 0 Å². The molecule has 0 saturated carbocycles. The van der Waals surface area contributed by atoms with E-state index in [9.17, 15) is 14.2 Å². The molecule has 0 aliphatic heterocycles. The fourth-order valence-electron chi connectivity index (χ4n) is 4.90. The van der Waals surface area contributed by atoms with Gasteiger partial charge in [-0.1, -0.05) is 151 Å². The molecule has 0 saturated heterocycles. The third kappa shape index (κ3) is 38.3. The minimum absolute atomic E-state index is 0.124. The summed E-state index contributed by atoms with van der Waals surface area (Å²) in [4.78, 5) is 42.7. The molecule has 8 nitrogen and oxygen atoms in total. The number of esters is 2. The quantitative estimate of drug-likeness (QED) is 0.0292. The smallest absolute Gasteiger partial charge is 0.462 e. The largest absolute Gasteiger partial charge is 0.469 e. The van der Waals surface area contributed by atoms with E-state index in [1.54, 1.807) is 0 Å². The SMILES string of the molecule is CC/C=C/C/C=C/C/C=C/C/C=C/C/C=C/CCCC(=O)O[C@H](COC(=O)CC/C=C/CCCCCCCCCCCCC)COP(=O)(O)O. The predicted octanol–water partition coefficient (Wildman–Crippen LogP) is 11.5. The van der Waals surface area contributed by atoms with Crippen molar-refractivity contribution in [2.24, 2.45) is 0 Å². The number of unbranched alkanes of at least 4 members (excludes halogenated alkanes) is 12. The molecule has 0 aliphatic rings. The average molecular weight is 721 g/mol. The van der Waals surface area contributed by atoms with Crippen LogP contribution in [0.2, 0.25) is 0 Å². The fraction of sp³-hybridized carbons (Fsp3) is 0.659. The van der Waals surface area contributed by atoms with E-state index in [0.29, 0.717) is 19.3 Å². The zero-order chi connectivity index (χ0) is 36.8. The first-order valence-electron chi connectivity index (χ1n) is 19.2. The summed E-state index contributed by atoms with van der Waals surface area (Å²) in [5, 5.41) is 0. The van der Waals surface area contributed by atoms with E-state index < -0.39 is 32.5 Å². The van der Waals surface area contributed by atoms with Gasteiger partial charge in [0.2, 0.25) is 0 Å². The standard InChI is InChI=1S/C41H69O8P/c1-3-5-7-9-11-13-15-17-19-20-22-24-26-28-30-32-34-36-41(43)49-39(38-48-50(44,45)46)37-47-40(42)35-33-31-29-27-25-23-21-18-16-14-12-10-8-6-4-2/h5,7,11,13,17,19,22,24,28-31,39H,3-4,6,8-10,12,14-16,18,20-21,23,25-27,32-38H2,1-2H3,(H2,44,45,46)/b7-5+,13-11+,19-17+,24-22+,30-28+,31-29+/t39-/m1/s1. The Kier molecular flexibility index (Phi) is 34.5.